The van der Waals surface area contributed by atoms with Crippen LogP contribution in [0.2, 0.25) is 0 Å². The Kier molecular flexibility index (Phi) is 21.8. The molecule has 0 N–H and O–H groups in total. The molecule has 5 nitrogen and oxygen atoms in total. The Morgan fingerprint density at radius 3 is 1.60 bits per heavy atom. The molecule has 0 saturated carbocycles. The second-order valence-corrected chi connectivity index (χ2v) is 8.53. The quantitative estimate of drug-likeness (QED) is 0.143. The van der Waals surface area contributed by atoms with Crippen LogP contribution < -0.4 is 0 Å². The first-order chi connectivity index (χ1) is 14.6. The van der Waals surface area contributed by atoms with Crippen molar-refractivity contribution in [1.29, 1.82) is 0 Å². The van der Waals surface area contributed by atoms with E-state index in [1.165, 1.54) is 70.6 Å². The standard InChI is InChI=1S/C25H48O5/c1-4-6-7-8-9-10-11-12-13-14-15-16-17-19-29-24(26)21-28-22-25(27)30-20-23(3)18-5-2/h23H,4-22H2,1-3H3. The molecule has 0 aromatic rings. The fraction of sp³-hybridized carbons (Fsp3) is 0.920. The van der Waals surface area contributed by atoms with Crippen molar-refractivity contribution >= 4 is 11.9 Å². The molecule has 1 atom stereocenters. The van der Waals surface area contributed by atoms with Gasteiger partial charge in [0.1, 0.15) is 13.2 Å². The van der Waals surface area contributed by atoms with E-state index in [-0.39, 0.29) is 13.2 Å². The van der Waals surface area contributed by atoms with E-state index in [4.69, 9.17) is 14.2 Å². The van der Waals surface area contributed by atoms with Crippen molar-refractivity contribution in [3.05, 3.63) is 0 Å². The Balaban J connectivity index is 3.31. The smallest absolute Gasteiger partial charge is 0.332 e. The van der Waals surface area contributed by atoms with Gasteiger partial charge in [-0.15, -0.1) is 0 Å². The Morgan fingerprint density at radius 1 is 0.633 bits per heavy atom. The molecule has 30 heavy (non-hydrogen) atoms. The van der Waals surface area contributed by atoms with Crippen LogP contribution >= 0.6 is 0 Å². The number of ether oxygens (including phenoxy) is 3. The summed E-state index contributed by atoms with van der Waals surface area (Å²) in [5.41, 5.74) is 0. The molecule has 178 valence electrons. The van der Waals surface area contributed by atoms with Crippen molar-refractivity contribution in [3.63, 3.8) is 0 Å². The van der Waals surface area contributed by atoms with Gasteiger partial charge in [-0.2, -0.15) is 0 Å². The Labute approximate surface area is 185 Å². The molecule has 0 aromatic carbocycles. The minimum atomic E-state index is -0.428. The topological polar surface area (TPSA) is 61.8 Å². The second kappa shape index (κ2) is 22.6. The van der Waals surface area contributed by atoms with Gasteiger partial charge in [-0.1, -0.05) is 104 Å². The number of hydrogen-bond acceptors (Lipinski definition) is 5. The van der Waals surface area contributed by atoms with Gasteiger partial charge in [0.15, 0.2) is 0 Å². The van der Waals surface area contributed by atoms with Crippen molar-refractivity contribution in [2.75, 3.05) is 26.4 Å². The zero-order valence-corrected chi connectivity index (χ0v) is 20.1. The molecule has 0 rings (SSSR count). The molecule has 0 amide bonds. The summed E-state index contributed by atoms with van der Waals surface area (Å²) in [6.07, 6.45) is 18.9. The third-order valence-corrected chi connectivity index (χ3v) is 5.26. The molecule has 0 spiro atoms. The number of unbranched alkanes of at least 4 members (excludes halogenated alkanes) is 12. The molecular weight excluding hydrogens is 380 g/mol. The SMILES string of the molecule is CCCCCCCCCCCCCCCOC(=O)COCC(=O)OCC(C)CCC. The first kappa shape index (κ1) is 28.9. The number of carbonyl (C=O) groups is 2. The van der Waals surface area contributed by atoms with E-state index in [1.54, 1.807) is 0 Å². The van der Waals surface area contributed by atoms with Crippen molar-refractivity contribution in [3.8, 4) is 0 Å². The molecule has 0 aliphatic carbocycles. The predicted molar refractivity (Wildman–Crippen MR) is 123 cm³/mol. The highest BCUT2D eigenvalue weighted by atomic mass is 16.6. The summed E-state index contributed by atoms with van der Waals surface area (Å²) in [6, 6.07) is 0. The molecule has 0 bridgehead atoms. The third kappa shape index (κ3) is 21.6. The molecule has 0 aliphatic heterocycles. The largest absolute Gasteiger partial charge is 0.464 e. The highest BCUT2D eigenvalue weighted by Gasteiger charge is 2.09. The van der Waals surface area contributed by atoms with Crippen LogP contribution in [0.25, 0.3) is 0 Å². The zero-order chi connectivity index (χ0) is 22.3. The lowest BCUT2D eigenvalue weighted by molar-refractivity contribution is -0.156. The molecular formula is C25H48O5. The van der Waals surface area contributed by atoms with E-state index in [2.05, 4.69) is 13.8 Å². The Bertz CT molecular complexity index is 397. The van der Waals surface area contributed by atoms with E-state index >= 15 is 0 Å². The van der Waals surface area contributed by atoms with Crippen LogP contribution in [0.15, 0.2) is 0 Å². The van der Waals surface area contributed by atoms with Gasteiger partial charge in [-0.3, -0.25) is 0 Å². The lowest BCUT2D eigenvalue weighted by Crippen LogP contribution is -2.20. The van der Waals surface area contributed by atoms with E-state index < -0.39 is 11.9 Å². The zero-order valence-electron chi connectivity index (χ0n) is 20.1. The summed E-state index contributed by atoms with van der Waals surface area (Å²) >= 11 is 0. The first-order valence-electron chi connectivity index (χ1n) is 12.5. The molecule has 1 unspecified atom stereocenters. The number of carbonyl (C=O) groups excluding carboxylic acids is 2. The molecule has 0 heterocycles. The van der Waals surface area contributed by atoms with Crippen molar-refractivity contribution in [1.82, 2.24) is 0 Å². The fourth-order valence-electron chi connectivity index (χ4n) is 3.42. The summed E-state index contributed by atoms with van der Waals surface area (Å²) in [4.78, 5) is 23.1. The van der Waals surface area contributed by atoms with E-state index in [1.807, 2.05) is 6.92 Å². The molecule has 0 aliphatic rings. The minimum Gasteiger partial charge on any atom is -0.464 e. The summed E-state index contributed by atoms with van der Waals surface area (Å²) < 4.78 is 15.3. The Hall–Kier alpha value is -1.10. The minimum absolute atomic E-state index is 0.196. The number of hydrogen-bond donors (Lipinski definition) is 0. The first-order valence-corrected chi connectivity index (χ1v) is 12.5. The van der Waals surface area contributed by atoms with Crippen LogP contribution in [0.5, 0.6) is 0 Å². The lowest BCUT2D eigenvalue weighted by atomic mass is 10.0. The molecule has 0 radical (unpaired) electrons. The molecule has 0 aromatic heterocycles. The van der Waals surface area contributed by atoms with Gasteiger partial charge >= 0.3 is 11.9 Å². The summed E-state index contributed by atoms with van der Waals surface area (Å²) in [6.45, 7) is 6.84. The van der Waals surface area contributed by atoms with Gasteiger partial charge in [-0.05, 0) is 18.8 Å². The van der Waals surface area contributed by atoms with E-state index in [9.17, 15) is 9.59 Å². The van der Waals surface area contributed by atoms with Gasteiger partial charge < -0.3 is 14.2 Å². The molecule has 0 saturated heterocycles. The maximum atomic E-state index is 11.6. The van der Waals surface area contributed by atoms with Crippen LogP contribution in [0.3, 0.4) is 0 Å². The summed E-state index contributed by atoms with van der Waals surface area (Å²) in [5, 5.41) is 0. The van der Waals surface area contributed by atoms with Gasteiger partial charge in [-0.25, -0.2) is 9.59 Å². The Morgan fingerprint density at radius 2 is 1.10 bits per heavy atom. The van der Waals surface area contributed by atoms with Gasteiger partial charge in [0.05, 0.1) is 13.2 Å². The lowest BCUT2D eigenvalue weighted by Gasteiger charge is -2.11. The molecule has 0 fully saturated rings. The highest BCUT2D eigenvalue weighted by molar-refractivity contribution is 5.73. The predicted octanol–water partition coefficient (Wildman–Crippen LogP) is 6.62. The highest BCUT2D eigenvalue weighted by Crippen LogP contribution is 2.12. The van der Waals surface area contributed by atoms with Crippen LogP contribution in [-0.4, -0.2) is 38.4 Å². The normalized spacial score (nSPS) is 12.0. The van der Waals surface area contributed by atoms with E-state index in [0.29, 0.717) is 19.1 Å². The summed E-state index contributed by atoms with van der Waals surface area (Å²) in [7, 11) is 0. The van der Waals surface area contributed by atoms with Crippen LogP contribution in [0, 0.1) is 5.92 Å². The number of rotatable bonds is 22. The van der Waals surface area contributed by atoms with Crippen molar-refractivity contribution in [2.45, 2.75) is 117 Å². The van der Waals surface area contributed by atoms with Crippen LogP contribution in [-0.2, 0) is 23.8 Å². The van der Waals surface area contributed by atoms with Gasteiger partial charge in [0, 0.05) is 0 Å². The number of esters is 2. The average Bonchev–Trinajstić information content (AvgIpc) is 2.72. The van der Waals surface area contributed by atoms with Gasteiger partial charge in [0.25, 0.3) is 0 Å². The summed E-state index contributed by atoms with van der Waals surface area (Å²) in [5.74, 6) is -0.493. The van der Waals surface area contributed by atoms with E-state index in [0.717, 1.165) is 25.7 Å². The van der Waals surface area contributed by atoms with Crippen molar-refractivity contribution < 1.29 is 23.8 Å². The monoisotopic (exact) mass is 428 g/mol. The fourth-order valence-corrected chi connectivity index (χ4v) is 3.42. The average molecular weight is 429 g/mol. The van der Waals surface area contributed by atoms with Gasteiger partial charge in [0.2, 0.25) is 0 Å². The van der Waals surface area contributed by atoms with Crippen LogP contribution in [0.1, 0.15) is 117 Å². The maximum Gasteiger partial charge on any atom is 0.332 e. The third-order valence-electron chi connectivity index (χ3n) is 5.26. The molecule has 5 heteroatoms. The van der Waals surface area contributed by atoms with Crippen LogP contribution in [0.4, 0.5) is 0 Å². The second-order valence-electron chi connectivity index (χ2n) is 8.53. The van der Waals surface area contributed by atoms with Crippen molar-refractivity contribution in [2.24, 2.45) is 5.92 Å². The maximum absolute atomic E-state index is 11.6.